The molecule has 0 aliphatic heterocycles. The SMILES string of the molecule is CCCNCc1sc(-c2ccc(Br)cc2)nc1CC(C)C. The van der Waals surface area contributed by atoms with Crippen molar-refractivity contribution in [1.82, 2.24) is 10.3 Å². The van der Waals surface area contributed by atoms with E-state index in [1.807, 2.05) is 11.3 Å². The summed E-state index contributed by atoms with van der Waals surface area (Å²) in [5.41, 5.74) is 2.46. The number of hydrogen-bond acceptors (Lipinski definition) is 3. The van der Waals surface area contributed by atoms with Crippen molar-refractivity contribution >= 4 is 27.3 Å². The third-order valence-corrected chi connectivity index (χ3v) is 4.86. The molecule has 0 unspecified atom stereocenters. The average molecular weight is 367 g/mol. The minimum absolute atomic E-state index is 0.634. The van der Waals surface area contributed by atoms with Crippen LogP contribution in [0.5, 0.6) is 0 Å². The first-order valence-electron chi connectivity index (χ1n) is 7.55. The summed E-state index contributed by atoms with van der Waals surface area (Å²) in [4.78, 5) is 6.28. The van der Waals surface area contributed by atoms with Crippen molar-refractivity contribution in [3.8, 4) is 10.6 Å². The summed E-state index contributed by atoms with van der Waals surface area (Å²) < 4.78 is 1.11. The summed E-state index contributed by atoms with van der Waals surface area (Å²) in [6, 6.07) is 8.42. The Labute approximate surface area is 140 Å². The van der Waals surface area contributed by atoms with Crippen LogP contribution >= 0.6 is 27.3 Å². The van der Waals surface area contributed by atoms with Gasteiger partial charge < -0.3 is 5.32 Å². The number of halogens is 1. The molecule has 114 valence electrons. The van der Waals surface area contributed by atoms with Gasteiger partial charge in [0.05, 0.1) is 5.69 Å². The summed E-state index contributed by atoms with van der Waals surface area (Å²) in [6.45, 7) is 8.70. The number of hydrogen-bond donors (Lipinski definition) is 1. The summed E-state index contributed by atoms with van der Waals surface area (Å²) in [5.74, 6) is 0.634. The van der Waals surface area contributed by atoms with Crippen LogP contribution in [0.25, 0.3) is 10.6 Å². The van der Waals surface area contributed by atoms with Crippen molar-refractivity contribution in [2.45, 2.75) is 40.2 Å². The Morgan fingerprint density at radius 3 is 2.57 bits per heavy atom. The lowest BCUT2D eigenvalue weighted by Crippen LogP contribution is -2.14. The topological polar surface area (TPSA) is 24.9 Å². The second kappa shape index (κ2) is 8.06. The number of rotatable bonds is 7. The maximum absolute atomic E-state index is 4.89. The number of aromatic nitrogens is 1. The van der Waals surface area contributed by atoms with Gasteiger partial charge in [-0.1, -0.05) is 48.8 Å². The molecule has 0 amide bonds. The molecular formula is C17H23BrN2S. The van der Waals surface area contributed by atoms with Crippen molar-refractivity contribution in [3.05, 3.63) is 39.3 Å². The van der Waals surface area contributed by atoms with Crippen LogP contribution in [0.1, 0.15) is 37.8 Å². The van der Waals surface area contributed by atoms with Crippen LogP contribution in [0.2, 0.25) is 0 Å². The van der Waals surface area contributed by atoms with Crippen molar-refractivity contribution < 1.29 is 0 Å². The Bertz CT molecular complexity index is 561. The molecule has 0 aliphatic carbocycles. The molecule has 0 radical (unpaired) electrons. The third-order valence-electron chi connectivity index (χ3n) is 3.18. The minimum atomic E-state index is 0.634. The molecule has 1 aromatic carbocycles. The number of nitrogens with one attached hydrogen (secondary N) is 1. The second-order valence-corrected chi connectivity index (χ2v) is 7.67. The molecule has 0 bridgehead atoms. The lowest BCUT2D eigenvalue weighted by atomic mass is 10.1. The standard InChI is InChI=1S/C17H23BrN2S/c1-4-9-19-11-16-15(10-12(2)3)20-17(21-16)13-5-7-14(18)8-6-13/h5-8,12,19H,4,9-11H2,1-3H3. The Kier molecular flexibility index (Phi) is 6.40. The van der Waals surface area contributed by atoms with Gasteiger partial charge in [-0.15, -0.1) is 11.3 Å². The van der Waals surface area contributed by atoms with E-state index in [0.29, 0.717) is 5.92 Å². The fourth-order valence-corrected chi connectivity index (χ4v) is 3.49. The zero-order valence-corrected chi connectivity index (χ0v) is 15.4. The van der Waals surface area contributed by atoms with Crippen molar-refractivity contribution in [1.29, 1.82) is 0 Å². The van der Waals surface area contributed by atoms with E-state index in [-0.39, 0.29) is 0 Å². The van der Waals surface area contributed by atoms with E-state index in [1.54, 1.807) is 0 Å². The quantitative estimate of drug-likeness (QED) is 0.675. The van der Waals surface area contributed by atoms with Gasteiger partial charge in [0, 0.05) is 21.5 Å². The predicted molar refractivity (Wildman–Crippen MR) is 95.8 cm³/mol. The van der Waals surface area contributed by atoms with Crippen molar-refractivity contribution in [2.75, 3.05) is 6.54 Å². The van der Waals surface area contributed by atoms with E-state index in [0.717, 1.165) is 35.4 Å². The van der Waals surface area contributed by atoms with E-state index in [2.05, 4.69) is 66.3 Å². The maximum Gasteiger partial charge on any atom is 0.123 e. The van der Waals surface area contributed by atoms with Gasteiger partial charge in [0.2, 0.25) is 0 Å². The molecule has 4 heteroatoms. The van der Waals surface area contributed by atoms with Gasteiger partial charge in [0.15, 0.2) is 0 Å². The Morgan fingerprint density at radius 2 is 1.95 bits per heavy atom. The van der Waals surface area contributed by atoms with E-state index in [4.69, 9.17) is 4.98 Å². The van der Waals surface area contributed by atoms with Crippen LogP contribution in [0, 0.1) is 5.92 Å². The van der Waals surface area contributed by atoms with Gasteiger partial charge in [-0.05, 0) is 37.4 Å². The first-order chi connectivity index (χ1) is 10.1. The molecule has 0 spiro atoms. The highest BCUT2D eigenvalue weighted by atomic mass is 79.9. The highest BCUT2D eigenvalue weighted by Crippen LogP contribution is 2.30. The molecule has 0 saturated heterocycles. The molecule has 2 nitrogen and oxygen atoms in total. The molecule has 2 aromatic rings. The van der Waals surface area contributed by atoms with Crippen LogP contribution in [0.3, 0.4) is 0 Å². The first-order valence-corrected chi connectivity index (χ1v) is 9.16. The second-order valence-electron chi connectivity index (χ2n) is 5.67. The highest BCUT2D eigenvalue weighted by Gasteiger charge is 2.13. The molecule has 21 heavy (non-hydrogen) atoms. The zero-order valence-electron chi connectivity index (χ0n) is 12.9. The van der Waals surface area contributed by atoms with Gasteiger partial charge in [-0.3, -0.25) is 0 Å². The normalized spacial score (nSPS) is 11.3. The highest BCUT2D eigenvalue weighted by molar-refractivity contribution is 9.10. The number of thiazole rings is 1. The lowest BCUT2D eigenvalue weighted by molar-refractivity contribution is 0.623. The van der Waals surface area contributed by atoms with Gasteiger partial charge in [0.1, 0.15) is 5.01 Å². The van der Waals surface area contributed by atoms with Crippen LogP contribution in [-0.2, 0) is 13.0 Å². The zero-order chi connectivity index (χ0) is 15.2. The van der Waals surface area contributed by atoms with Gasteiger partial charge in [-0.2, -0.15) is 0 Å². The lowest BCUT2D eigenvalue weighted by Gasteiger charge is -2.05. The van der Waals surface area contributed by atoms with Crippen molar-refractivity contribution in [2.24, 2.45) is 5.92 Å². The summed E-state index contributed by atoms with van der Waals surface area (Å²) in [6.07, 6.45) is 2.22. The molecule has 0 atom stereocenters. The summed E-state index contributed by atoms with van der Waals surface area (Å²) in [7, 11) is 0. The third kappa shape index (κ3) is 4.90. The Hall–Kier alpha value is -0.710. The van der Waals surface area contributed by atoms with Crippen LogP contribution in [-0.4, -0.2) is 11.5 Å². The van der Waals surface area contributed by atoms with Gasteiger partial charge in [0.25, 0.3) is 0 Å². The predicted octanol–water partition coefficient (Wildman–Crippen LogP) is 5.27. The molecule has 0 fully saturated rings. The Morgan fingerprint density at radius 1 is 1.24 bits per heavy atom. The molecular weight excluding hydrogens is 344 g/mol. The van der Waals surface area contributed by atoms with Gasteiger partial charge in [-0.25, -0.2) is 4.98 Å². The first kappa shape index (κ1) is 16.7. The maximum atomic E-state index is 4.89. The largest absolute Gasteiger partial charge is 0.312 e. The molecule has 2 rings (SSSR count). The van der Waals surface area contributed by atoms with E-state index in [9.17, 15) is 0 Å². The monoisotopic (exact) mass is 366 g/mol. The summed E-state index contributed by atoms with van der Waals surface area (Å²) in [5, 5.41) is 4.63. The average Bonchev–Trinajstić information content (AvgIpc) is 2.82. The fraction of sp³-hybridized carbons (Fsp3) is 0.471. The van der Waals surface area contributed by atoms with Gasteiger partial charge >= 0.3 is 0 Å². The van der Waals surface area contributed by atoms with E-state index < -0.39 is 0 Å². The van der Waals surface area contributed by atoms with Crippen molar-refractivity contribution in [3.63, 3.8) is 0 Å². The molecule has 0 aliphatic rings. The van der Waals surface area contributed by atoms with Crippen LogP contribution in [0.4, 0.5) is 0 Å². The molecule has 1 heterocycles. The number of benzene rings is 1. The molecule has 0 saturated carbocycles. The molecule has 1 aromatic heterocycles. The molecule has 1 N–H and O–H groups in total. The van der Waals surface area contributed by atoms with Crippen LogP contribution in [0.15, 0.2) is 28.7 Å². The van der Waals surface area contributed by atoms with Crippen LogP contribution < -0.4 is 5.32 Å². The smallest absolute Gasteiger partial charge is 0.123 e. The fourth-order valence-electron chi connectivity index (χ4n) is 2.16. The minimum Gasteiger partial charge on any atom is -0.312 e. The summed E-state index contributed by atoms with van der Waals surface area (Å²) >= 11 is 5.31. The Balaban J connectivity index is 2.23. The van der Waals surface area contributed by atoms with E-state index >= 15 is 0 Å². The van der Waals surface area contributed by atoms with E-state index in [1.165, 1.54) is 16.1 Å². The number of nitrogens with zero attached hydrogens (tertiary/aromatic N) is 1.